The summed E-state index contributed by atoms with van der Waals surface area (Å²) < 4.78 is 24.7. The molecule has 0 saturated heterocycles. The van der Waals surface area contributed by atoms with Gasteiger partial charge in [0, 0.05) is 6.54 Å². The van der Waals surface area contributed by atoms with Crippen molar-refractivity contribution in [1.82, 2.24) is 4.31 Å². The molecule has 0 bridgehead atoms. The molecule has 0 saturated carbocycles. The average Bonchev–Trinajstić information content (AvgIpc) is 2.16. The monoisotopic (exact) mass is 219 g/mol. The van der Waals surface area contributed by atoms with E-state index in [1.54, 1.807) is 0 Å². The lowest BCUT2D eigenvalue weighted by Gasteiger charge is -2.22. The van der Waals surface area contributed by atoms with Crippen molar-refractivity contribution in [1.29, 1.82) is 0 Å². The van der Waals surface area contributed by atoms with Crippen LogP contribution in [0.5, 0.6) is 0 Å². The number of hydrogen-bond donors (Lipinski definition) is 1. The van der Waals surface area contributed by atoms with Crippen LogP contribution in [0.15, 0.2) is 0 Å². The van der Waals surface area contributed by atoms with Crippen LogP contribution in [0.3, 0.4) is 0 Å². The van der Waals surface area contributed by atoms with Crippen LogP contribution in [0.25, 0.3) is 0 Å². The van der Waals surface area contributed by atoms with Crippen LogP contribution < -0.4 is 0 Å². The number of sulfonamides is 1. The fourth-order valence-electron chi connectivity index (χ4n) is 0.996. The van der Waals surface area contributed by atoms with Gasteiger partial charge in [-0.15, -0.1) is 6.42 Å². The Hall–Kier alpha value is -0.570. The van der Waals surface area contributed by atoms with E-state index in [4.69, 9.17) is 11.5 Å². The zero-order valence-electron chi connectivity index (χ0n) is 8.60. The van der Waals surface area contributed by atoms with E-state index in [2.05, 4.69) is 5.92 Å². The molecule has 0 aliphatic rings. The van der Waals surface area contributed by atoms with Crippen molar-refractivity contribution >= 4 is 10.0 Å². The maximum absolute atomic E-state index is 11.7. The van der Waals surface area contributed by atoms with Crippen LogP contribution in [-0.4, -0.2) is 42.8 Å². The van der Waals surface area contributed by atoms with Crippen LogP contribution in [0, 0.1) is 12.3 Å². The number of aliphatic hydroxyl groups excluding tert-OH is 1. The Bertz CT molecular complexity index is 292. The highest BCUT2D eigenvalue weighted by atomic mass is 32.2. The molecule has 4 nitrogen and oxygen atoms in total. The van der Waals surface area contributed by atoms with Gasteiger partial charge in [-0.25, -0.2) is 8.42 Å². The number of nitrogens with zero attached hydrogens (tertiary/aromatic N) is 1. The smallest absolute Gasteiger partial charge is 0.219 e. The second kappa shape index (κ2) is 6.02. The van der Waals surface area contributed by atoms with Gasteiger partial charge in [-0.05, 0) is 13.3 Å². The minimum absolute atomic E-state index is 0.0700. The van der Waals surface area contributed by atoms with Crippen molar-refractivity contribution in [2.24, 2.45) is 0 Å². The SMILES string of the molecule is C#CCN(CCC)S(=O)(=O)C(C)CO. The molecule has 0 heterocycles. The van der Waals surface area contributed by atoms with Crippen molar-refractivity contribution in [3.8, 4) is 12.3 Å². The highest BCUT2D eigenvalue weighted by molar-refractivity contribution is 7.89. The summed E-state index contributed by atoms with van der Waals surface area (Å²) in [4.78, 5) is 0. The quantitative estimate of drug-likeness (QED) is 0.642. The largest absolute Gasteiger partial charge is 0.395 e. The minimum Gasteiger partial charge on any atom is -0.395 e. The zero-order valence-corrected chi connectivity index (χ0v) is 9.42. The van der Waals surface area contributed by atoms with Crippen molar-refractivity contribution in [3.05, 3.63) is 0 Å². The summed E-state index contributed by atoms with van der Waals surface area (Å²) in [5.74, 6) is 2.30. The molecule has 14 heavy (non-hydrogen) atoms. The lowest BCUT2D eigenvalue weighted by atomic mass is 10.5. The van der Waals surface area contributed by atoms with Crippen molar-refractivity contribution in [2.75, 3.05) is 19.7 Å². The lowest BCUT2D eigenvalue weighted by Crippen LogP contribution is -2.39. The third-order valence-electron chi connectivity index (χ3n) is 1.87. The second-order valence-electron chi connectivity index (χ2n) is 3.08. The Labute approximate surface area is 86.0 Å². The van der Waals surface area contributed by atoms with E-state index in [0.717, 1.165) is 0 Å². The predicted molar refractivity (Wildman–Crippen MR) is 56.2 cm³/mol. The standard InChI is InChI=1S/C9H17NO3S/c1-4-6-10(7-5-2)14(12,13)9(3)8-11/h1,9,11H,5-8H2,2-3H3. The number of terminal acetylenes is 1. The van der Waals surface area contributed by atoms with Crippen LogP contribution >= 0.6 is 0 Å². The molecule has 82 valence electrons. The lowest BCUT2D eigenvalue weighted by molar-refractivity contribution is 0.290. The van der Waals surface area contributed by atoms with Crippen LogP contribution in [-0.2, 0) is 10.0 Å². The number of aliphatic hydroxyl groups is 1. The van der Waals surface area contributed by atoms with Gasteiger partial charge in [0.25, 0.3) is 0 Å². The first-order valence-electron chi connectivity index (χ1n) is 4.54. The van der Waals surface area contributed by atoms with Crippen LogP contribution in [0.2, 0.25) is 0 Å². The maximum Gasteiger partial charge on any atom is 0.219 e. The first-order valence-corrected chi connectivity index (χ1v) is 6.04. The van der Waals surface area contributed by atoms with E-state index in [9.17, 15) is 8.42 Å². The molecular formula is C9H17NO3S. The van der Waals surface area contributed by atoms with Gasteiger partial charge in [0.05, 0.1) is 18.4 Å². The van der Waals surface area contributed by atoms with E-state index in [1.165, 1.54) is 11.2 Å². The molecule has 5 heteroatoms. The summed E-state index contributed by atoms with van der Waals surface area (Å²) in [5, 5.41) is 8.01. The van der Waals surface area contributed by atoms with E-state index >= 15 is 0 Å². The summed E-state index contributed by atoms with van der Waals surface area (Å²) >= 11 is 0. The van der Waals surface area contributed by atoms with Gasteiger partial charge in [-0.3, -0.25) is 0 Å². The zero-order chi connectivity index (χ0) is 11.2. The van der Waals surface area contributed by atoms with Gasteiger partial charge in [0.1, 0.15) is 0 Å². The maximum atomic E-state index is 11.7. The summed E-state index contributed by atoms with van der Waals surface area (Å²) in [6.45, 7) is 3.43. The average molecular weight is 219 g/mol. The molecule has 0 aliphatic heterocycles. The molecular weight excluding hydrogens is 202 g/mol. The van der Waals surface area contributed by atoms with Crippen molar-refractivity contribution in [3.63, 3.8) is 0 Å². The van der Waals surface area contributed by atoms with Gasteiger partial charge < -0.3 is 5.11 Å². The normalized spacial score (nSPS) is 13.9. The molecule has 1 N–H and O–H groups in total. The number of hydrogen-bond acceptors (Lipinski definition) is 3. The predicted octanol–water partition coefficient (Wildman–Crippen LogP) is 0.0422. The fourth-order valence-corrected chi connectivity index (χ4v) is 2.39. The Kier molecular flexibility index (Phi) is 5.77. The molecule has 0 aromatic carbocycles. The Balaban J connectivity index is 4.73. The van der Waals surface area contributed by atoms with Crippen LogP contribution in [0.4, 0.5) is 0 Å². The van der Waals surface area contributed by atoms with E-state index in [1.807, 2.05) is 6.92 Å². The highest BCUT2D eigenvalue weighted by Crippen LogP contribution is 2.08. The first-order chi connectivity index (χ1) is 6.50. The summed E-state index contributed by atoms with van der Waals surface area (Å²) in [7, 11) is -3.43. The summed E-state index contributed by atoms with van der Waals surface area (Å²) in [6, 6.07) is 0. The number of rotatable bonds is 6. The Morgan fingerprint density at radius 2 is 2.14 bits per heavy atom. The Morgan fingerprint density at radius 1 is 1.57 bits per heavy atom. The minimum atomic E-state index is -3.43. The van der Waals surface area contributed by atoms with Gasteiger partial charge in [-0.2, -0.15) is 4.31 Å². The van der Waals surface area contributed by atoms with Crippen LogP contribution in [0.1, 0.15) is 20.3 Å². The third kappa shape index (κ3) is 3.29. The topological polar surface area (TPSA) is 57.6 Å². The third-order valence-corrected chi connectivity index (χ3v) is 4.06. The highest BCUT2D eigenvalue weighted by Gasteiger charge is 2.26. The first kappa shape index (κ1) is 13.4. The molecule has 1 unspecified atom stereocenters. The van der Waals surface area contributed by atoms with Gasteiger partial charge in [0.15, 0.2) is 0 Å². The molecule has 0 aliphatic carbocycles. The van der Waals surface area contributed by atoms with Gasteiger partial charge >= 0.3 is 0 Å². The van der Waals surface area contributed by atoms with Crippen molar-refractivity contribution < 1.29 is 13.5 Å². The summed E-state index contributed by atoms with van der Waals surface area (Å²) in [5.41, 5.74) is 0. The molecule has 0 radical (unpaired) electrons. The molecule has 0 amide bonds. The molecule has 0 spiro atoms. The molecule has 0 aromatic rings. The molecule has 0 fully saturated rings. The van der Waals surface area contributed by atoms with E-state index < -0.39 is 15.3 Å². The van der Waals surface area contributed by atoms with Gasteiger partial charge in [-0.1, -0.05) is 12.8 Å². The summed E-state index contributed by atoms with van der Waals surface area (Å²) in [6.07, 6.45) is 5.79. The van der Waals surface area contributed by atoms with E-state index in [-0.39, 0.29) is 13.2 Å². The molecule has 0 rings (SSSR count). The molecule has 1 atom stereocenters. The van der Waals surface area contributed by atoms with E-state index in [0.29, 0.717) is 13.0 Å². The Morgan fingerprint density at radius 3 is 2.50 bits per heavy atom. The molecule has 0 aromatic heterocycles. The second-order valence-corrected chi connectivity index (χ2v) is 5.43. The van der Waals surface area contributed by atoms with Crippen molar-refractivity contribution in [2.45, 2.75) is 25.5 Å². The van der Waals surface area contributed by atoms with Gasteiger partial charge in [0.2, 0.25) is 10.0 Å². The fraction of sp³-hybridized carbons (Fsp3) is 0.778.